The van der Waals surface area contributed by atoms with E-state index in [1.54, 1.807) is 0 Å². The largest absolute Gasteiger partial charge is 0.461 e. The smallest absolute Gasteiger partial charge is 0.460 e. The molecule has 0 aliphatic carbocycles. The molecule has 0 aromatic rings. The van der Waals surface area contributed by atoms with Crippen molar-refractivity contribution in [3.8, 4) is 0 Å². The van der Waals surface area contributed by atoms with Gasteiger partial charge in [-0.15, -0.1) is 0 Å². The third kappa shape index (κ3) is 7.33. The fraction of sp³-hybridized carbons (Fsp3) is 0.952. The highest BCUT2D eigenvalue weighted by Crippen LogP contribution is 2.62. The zero-order valence-corrected chi connectivity index (χ0v) is 20.0. The molecule has 0 saturated heterocycles. The van der Waals surface area contributed by atoms with Crippen LogP contribution in [0, 0.1) is 0 Å². The lowest BCUT2D eigenvalue weighted by Crippen LogP contribution is -2.73. The van der Waals surface area contributed by atoms with Gasteiger partial charge < -0.3 is 4.74 Å². The summed E-state index contributed by atoms with van der Waals surface area (Å²) in [5.74, 6) is -51.6. The summed E-state index contributed by atoms with van der Waals surface area (Å²) in [6.07, 6.45) is 0.248. The Hall–Kier alpha value is -1.58. The first-order chi connectivity index (χ1) is 17.0. The molecule has 0 aromatic carbocycles. The second kappa shape index (κ2) is 13.2. The van der Waals surface area contributed by atoms with Gasteiger partial charge in [0.15, 0.2) is 0 Å². The zero-order valence-electron chi connectivity index (χ0n) is 20.0. The van der Waals surface area contributed by atoms with Crippen LogP contribution in [0.3, 0.4) is 0 Å². The molecule has 0 unspecified atom stereocenters. The van der Waals surface area contributed by atoms with E-state index >= 15 is 0 Å². The van der Waals surface area contributed by atoms with Gasteiger partial charge in [-0.1, -0.05) is 71.1 Å². The molecular weight excluding hydrogens is 569 g/mol. The van der Waals surface area contributed by atoms with Gasteiger partial charge in [0.2, 0.25) is 0 Å². The second-order valence-electron chi connectivity index (χ2n) is 8.62. The molecule has 0 spiro atoms. The van der Waals surface area contributed by atoms with Crippen LogP contribution >= 0.6 is 0 Å². The molecule has 0 aliphatic rings. The molecule has 38 heavy (non-hydrogen) atoms. The third-order valence-corrected chi connectivity index (χ3v) is 5.57. The van der Waals surface area contributed by atoms with Gasteiger partial charge in [-0.3, -0.25) is 0 Å². The summed E-state index contributed by atoms with van der Waals surface area (Å²) >= 11 is 0. The lowest BCUT2D eigenvalue weighted by Gasteiger charge is -2.40. The number of hydrogen-bond donors (Lipinski definition) is 0. The van der Waals surface area contributed by atoms with Gasteiger partial charge in [0.25, 0.3) is 0 Å². The quantitative estimate of drug-likeness (QED) is 0.0896. The first-order valence-electron chi connectivity index (χ1n) is 11.5. The van der Waals surface area contributed by atoms with E-state index < -0.39 is 54.3 Å². The van der Waals surface area contributed by atoms with Crippen LogP contribution in [-0.4, -0.2) is 54.3 Å². The highest BCUT2D eigenvalue weighted by Gasteiger charge is 2.94. The van der Waals surface area contributed by atoms with Crippen molar-refractivity contribution in [3.05, 3.63) is 0 Å². The van der Waals surface area contributed by atoms with E-state index in [2.05, 4.69) is 4.74 Å². The molecule has 0 radical (unpaired) electrons. The number of halogens is 15. The summed E-state index contributed by atoms with van der Waals surface area (Å²) in [6.45, 7) is 0.928. The van der Waals surface area contributed by atoms with Crippen LogP contribution in [-0.2, 0) is 9.53 Å². The molecule has 2 nitrogen and oxygen atoms in total. The van der Waals surface area contributed by atoms with Crippen LogP contribution in [0.15, 0.2) is 0 Å². The zero-order chi connectivity index (χ0) is 30.3. The molecule has 0 amide bonds. The molecule has 0 fully saturated rings. The number of esters is 1. The molecule has 0 aromatic heterocycles. The summed E-state index contributed by atoms with van der Waals surface area (Å²) in [4.78, 5) is 11.2. The Morgan fingerprint density at radius 1 is 0.474 bits per heavy atom. The molecule has 228 valence electrons. The maximum Gasteiger partial charge on any atom is 0.460 e. The van der Waals surface area contributed by atoms with Gasteiger partial charge in [-0.2, -0.15) is 65.9 Å². The summed E-state index contributed by atoms with van der Waals surface area (Å²) in [5.41, 5.74) is 0. The Morgan fingerprint density at radius 3 is 1.16 bits per heavy atom. The Labute approximate surface area is 208 Å². The number of hydrogen-bond acceptors (Lipinski definition) is 2. The Balaban J connectivity index is 5.15. The number of carbonyl (C=O) groups excluding carboxylic acids is 1. The standard InChI is InChI=1S/C21H27F15O2/c1-2-3-4-5-6-7-8-9-10-11-12-13-38-14(37)15(22,23)16(24,25)17(26,27)18(28,29)19(30,31)20(32,33)21(34,35)36/h2-13H2,1H3. The second-order valence-corrected chi connectivity index (χ2v) is 8.62. The SMILES string of the molecule is CCCCCCCCCCCCCOC(=O)C(F)(F)C(F)(F)C(F)(F)C(F)(F)C(F)(F)C(F)(F)C(F)(F)F. The van der Waals surface area contributed by atoms with Gasteiger partial charge in [0, 0.05) is 0 Å². The molecule has 0 rings (SSSR count). The van der Waals surface area contributed by atoms with Crippen LogP contribution in [0.5, 0.6) is 0 Å². The maximum absolute atomic E-state index is 13.7. The van der Waals surface area contributed by atoms with Gasteiger partial charge >= 0.3 is 47.7 Å². The van der Waals surface area contributed by atoms with Crippen molar-refractivity contribution in [2.24, 2.45) is 0 Å². The van der Waals surface area contributed by atoms with Gasteiger partial charge in [-0.25, -0.2) is 4.79 Å². The highest BCUT2D eigenvalue weighted by atomic mass is 19.4. The van der Waals surface area contributed by atoms with Crippen molar-refractivity contribution >= 4 is 5.97 Å². The molecule has 0 aliphatic heterocycles. The van der Waals surface area contributed by atoms with E-state index in [1.807, 2.05) is 6.92 Å². The number of ether oxygens (including phenoxy) is 1. The number of unbranched alkanes of at least 4 members (excludes halogenated alkanes) is 10. The predicted molar refractivity (Wildman–Crippen MR) is 103 cm³/mol. The monoisotopic (exact) mass is 596 g/mol. The predicted octanol–water partition coefficient (Wildman–Crippen LogP) is 9.21. The third-order valence-electron chi connectivity index (χ3n) is 5.57. The minimum atomic E-state index is -8.43. The normalized spacial score (nSPS) is 14.6. The Kier molecular flexibility index (Phi) is 12.6. The van der Waals surface area contributed by atoms with E-state index in [9.17, 15) is 70.7 Å². The van der Waals surface area contributed by atoms with Crippen LogP contribution in [0.2, 0.25) is 0 Å². The topological polar surface area (TPSA) is 26.3 Å². The minimum Gasteiger partial charge on any atom is -0.461 e. The summed E-state index contributed by atoms with van der Waals surface area (Å²) in [5, 5.41) is 0. The van der Waals surface area contributed by atoms with Crippen LogP contribution < -0.4 is 0 Å². The maximum atomic E-state index is 13.7. The Morgan fingerprint density at radius 2 is 0.789 bits per heavy atom. The minimum absolute atomic E-state index is 0.165. The summed E-state index contributed by atoms with van der Waals surface area (Å²) < 4.78 is 200. The van der Waals surface area contributed by atoms with E-state index in [0.29, 0.717) is 12.8 Å². The molecule has 0 atom stereocenters. The van der Waals surface area contributed by atoms with Crippen LogP contribution in [0.25, 0.3) is 0 Å². The molecule has 0 saturated carbocycles. The summed E-state index contributed by atoms with van der Waals surface area (Å²) in [6, 6.07) is 0. The van der Waals surface area contributed by atoms with Crippen molar-refractivity contribution in [2.45, 2.75) is 119 Å². The van der Waals surface area contributed by atoms with Gasteiger partial charge in [-0.05, 0) is 6.42 Å². The van der Waals surface area contributed by atoms with Crippen molar-refractivity contribution in [3.63, 3.8) is 0 Å². The van der Waals surface area contributed by atoms with E-state index in [0.717, 1.165) is 44.9 Å². The molecule has 17 heteroatoms. The van der Waals surface area contributed by atoms with Crippen molar-refractivity contribution < 1.29 is 75.4 Å². The van der Waals surface area contributed by atoms with Crippen LogP contribution in [0.4, 0.5) is 65.9 Å². The van der Waals surface area contributed by atoms with Crippen LogP contribution in [0.1, 0.15) is 77.6 Å². The Bertz CT molecular complexity index is 733. The molecule has 0 N–H and O–H groups in total. The van der Waals surface area contributed by atoms with Crippen molar-refractivity contribution in [2.75, 3.05) is 6.61 Å². The fourth-order valence-corrected chi connectivity index (χ4v) is 3.12. The number of carbonyl (C=O) groups is 1. The summed E-state index contributed by atoms with van der Waals surface area (Å²) in [7, 11) is 0. The average molecular weight is 596 g/mol. The van der Waals surface area contributed by atoms with E-state index in [1.165, 1.54) is 0 Å². The number of alkyl halides is 15. The van der Waals surface area contributed by atoms with Gasteiger partial charge in [0.1, 0.15) is 0 Å². The first-order valence-corrected chi connectivity index (χ1v) is 11.5. The molecule has 0 heterocycles. The van der Waals surface area contributed by atoms with Crippen molar-refractivity contribution in [1.82, 2.24) is 0 Å². The highest BCUT2D eigenvalue weighted by molar-refractivity contribution is 5.79. The number of rotatable bonds is 18. The molecular formula is C21H27F15O2. The average Bonchev–Trinajstić information content (AvgIpc) is 2.78. The lowest BCUT2D eigenvalue weighted by molar-refractivity contribution is -0.450. The van der Waals surface area contributed by atoms with Gasteiger partial charge in [0.05, 0.1) is 6.61 Å². The first kappa shape index (κ1) is 36.4. The van der Waals surface area contributed by atoms with E-state index in [-0.39, 0.29) is 12.8 Å². The van der Waals surface area contributed by atoms with E-state index in [4.69, 9.17) is 0 Å². The fourth-order valence-electron chi connectivity index (χ4n) is 3.12. The lowest BCUT2D eigenvalue weighted by atomic mass is 9.91. The molecule has 0 bridgehead atoms. The van der Waals surface area contributed by atoms with Crippen molar-refractivity contribution in [1.29, 1.82) is 0 Å².